The molecule has 2 rings (SSSR count). The largest absolute Gasteiger partial charge is 0.382 e. The maximum absolute atomic E-state index is 12.3. The molecule has 5 nitrogen and oxygen atoms in total. The minimum Gasteiger partial charge on any atom is -0.382 e. The first kappa shape index (κ1) is 20.0. The van der Waals surface area contributed by atoms with Gasteiger partial charge in [0.1, 0.15) is 0 Å². The van der Waals surface area contributed by atoms with Gasteiger partial charge in [0.25, 0.3) is 11.8 Å². The SMILES string of the molecule is CCOCCCNC(=O)c1cccc(NC(=O)c2ccc(SC)cc2)c1. The normalized spacial score (nSPS) is 10.4. The van der Waals surface area contributed by atoms with E-state index in [0.29, 0.717) is 36.6 Å². The number of nitrogens with one attached hydrogen (secondary N) is 2. The van der Waals surface area contributed by atoms with E-state index in [0.717, 1.165) is 11.3 Å². The van der Waals surface area contributed by atoms with Crippen LogP contribution in [0.3, 0.4) is 0 Å². The van der Waals surface area contributed by atoms with Crippen LogP contribution in [-0.4, -0.2) is 37.8 Å². The van der Waals surface area contributed by atoms with Crippen LogP contribution in [0, 0.1) is 0 Å². The Hall–Kier alpha value is -2.31. The Morgan fingerprint density at radius 3 is 2.50 bits per heavy atom. The molecule has 0 saturated carbocycles. The van der Waals surface area contributed by atoms with E-state index in [9.17, 15) is 9.59 Å². The first-order chi connectivity index (χ1) is 12.6. The predicted molar refractivity (Wildman–Crippen MR) is 106 cm³/mol. The number of carbonyl (C=O) groups excluding carboxylic acids is 2. The van der Waals surface area contributed by atoms with Crippen LogP contribution in [0.5, 0.6) is 0 Å². The van der Waals surface area contributed by atoms with Crippen LogP contribution in [0.1, 0.15) is 34.1 Å². The van der Waals surface area contributed by atoms with Crippen LogP contribution < -0.4 is 10.6 Å². The van der Waals surface area contributed by atoms with Crippen molar-refractivity contribution >= 4 is 29.3 Å². The molecule has 0 spiro atoms. The molecule has 138 valence electrons. The minimum absolute atomic E-state index is 0.165. The molecule has 2 N–H and O–H groups in total. The molecular formula is C20H24N2O3S. The summed E-state index contributed by atoms with van der Waals surface area (Å²) in [4.78, 5) is 25.6. The lowest BCUT2D eigenvalue weighted by molar-refractivity contribution is 0.0943. The second kappa shape index (κ2) is 10.6. The number of hydrogen-bond acceptors (Lipinski definition) is 4. The van der Waals surface area contributed by atoms with Gasteiger partial charge in [0.05, 0.1) is 0 Å². The highest BCUT2D eigenvalue weighted by molar-refractivity contribution is 7.98. The third-order valence-electron chi connectivity index (χ3n) is 3.69. The van der Waals surface area contributed by atoms with Gasteiger partial charge in [0.2, 0.25) is 0 Å². The van der Waals surface area contributed by atoms with Crippen LogP contribution in [-0.2, 0) is 4.74 Å². The van der Waals surface area contributed by atoms with Gasteiger partial charge < -0.3 is 15.4 Å². The first-order valence-corrected chi connectivity index (χ1v) is 9.78. The Balaban J connectivity index is 1.93. The van der Waals surface area contributed by atoms with Gasteiger partial charge in [-0.15, -0.1) is 11.8 Å². The van der Waals surface area contributed by atoms with Crippen LogP contribution in [0.25, 0.3) is 0 Å². The second-order valence-electron chi connectivity index (χ2n) is 5.57. The quantitative estimate of drug-likeness (QED) is 0.519. The molecule has 6 heteroatoms. The zero-order valence-corrected chi connectivity index (χ0v) is 15.9. The van der Waals surface area contributed by atoms with Gasteiger partial charge in [-0.25, -0.2) is 0 Å². The van der Waals surface area contributed by atoms with Gasteiger partial charge in [-0.3, -0.25) is 9.59 Å². The predicted octanol–water partition coefficient (Wildman–Crippen LogP) is 3.82. The number of hydrogen-bond donors (Lipinski definition) is 2. The molecule has 0 heterocycles. The highest BCUT2D eigenvalue weighted by atomic mass is 32.2. The van der Waals surface area contributed by atoms with Crippen molar-refractivity contribution in [2.45, 2.75) is 18.2 Å². The van der Waals surface area contributed by atoms with E-state index in [-0.39, 0.29) is 11.8 Å². The van der Waals surface area contributed by atoms with Crippen molar-refractivity contribution in [3.63, 3.8) is 0 Å². The summed E-state index contributed by atoms with van der Waals surface area (Å²) in [5, 5.41) is 5.68. The Morgan fingerprint density at radius 1 is 1.04 bits per heavy atom. The van der Waals surface area contributed by atoms with Crippen molar-refractivity contribution in [2.75, 3.05) is 31.3 Å². The monoisotopic (exact) mass is 372 g/mol. The van der Waals surface area contributed by atoms with Gasteiger partial charge in [-0.1, -0.05) is 6.07 Å². The second-order valence-corrected chi connectivity index (χ2v) is 6.45. The highest BCUT2D eigenvalue weighted by Gasteiger charge is 2.09. The zero-order chi connectivity index (χ0) is 18.8. The molecule has 2 aromatic rings. The third-order valence-corrected chi connectivity index (χ3v) is 4.43. The number of ether oxygens (including phenoxy) is 1. The van der Waals surface area contributed by atoms with Crippen LogP contribution >= 0.6 is 11.8 Å². The average molecular weight is 372 g/mol. The maximum atomic E-state index is 12.3. The van der Waals surface area contributed by atoms with Gasteiger partial charge in [0.15, 0.2) is 0 Å². The Bertz CT molecular complexity index is 732. The van der Waals surface area contributed by atoms with E-state index in [1.54, 1.807) is 48.2 Å². The van der Waals surface area contributed by atoms with Crippen molar-refractivity contribution in [2.24, 2.45) is 0 Å². The zero-order valence-electron chi connectivity index (χ0n) is 15.1. The standard InChI is InChI=1S/C20H24N2O3S/c1-3-25-13-5-12-21-19(23)16-6-4-7-17(14-16)22-20(24)15-8-10-18(26-2)11-9-15/h4,6-11,14H,3,5,12-13H2,1-2H3,(H,21,23)(H,22,24). The smallest absolute Gasteiger partial charge is 0.255 e. The van der Waals surface area contributed by atoms with Gasteiger partial charge in [0, 0.05) is 41.5 Å². The fraction of sp³-hybridized carbons (Fsp3) is 0.300. The van der Waals surface area contributed by atoms with Gasteiger partial charge >= 0.3 is 0 Å². The number of carbonyl (C=O) groups is 2. The molecular weight excluding hydrogens is 348 g/mol. The summed E-state index contributed by atoms with van der Waals surface area (Å²) >= 11 is 1.62. The summed E-state index contributed by atoms with van der Waals surface area (Å²) in [5.74, 6) is -0.367. The molecule has 0 atom stereocenters. The van der Waals surface area contributed by atoms with Crippen LogP contribution in [0.15, 0.2) is 53.4 Å². The molecule has 0 aliphatic heterocycles. The number of rotatable bonds is 9. The molecule has 0 bridgehead atoms. The highest BCUT2D eigenvalue weighted by Crippen LogP contribution is 2.16. The fourth-order valence-corrected chi connectivity index (χ4v) is 2.71. The molecule has 0 aliphatic rings. The molecule has 0 fully saturated rings. The van der Waals surface area contributed by atoms with Crippen molar-refractivity contribution in [3.05, 3.63) is 59.7 Å². The van der Waals surface area contributed by atoms with Gasteiger partial charge in [-0.05, 0) is 62.1 Å². The summed E-state index contributed by atoms with van der Waals surface area (Å²) in [5.41, 5.74) is 1.68. The lowest BCUT2D eigenvalue weighted by atomic mass is 10.1. The van der Waals surface area contributed by atoms with Gasteiger partial charge in [-0.2, -0.15) is 0 Å². The van der Waals surface area contributed by atoms with E-state index in [2.05, 4.69) is 10.6 Å². The molecule has 2 aromatic carbocycles. The summed E-state index contributed by atoms with van der Waals surface area (Å²) in [7, 11) is 0. The topological polar surface area (TPSA) is 67.4 Å². The molecule has 0 aliphatic carbocycles. The molecule has 0 radical (unpaired) electrons. The van der Waals surface area contributed by atoms with Crippen LogP contribution in [0.2, 0.25) is 0 Å². The van der Waals surface area contributed by atoms with E-state index >= 15 is 0 Å². The van der Waals surface area contributed by atoms with Crippen LogP contribution in [0.4, 0.5) is 5.69 Å². The number of amides is 2. The lowest BCUT2D eigenvalue weighted by Crippen LogP contribution is -2.25. The first-order valence-electron chi connectivity index (χ1n) is 8.55. The van der Waals surface area contributed by atoms with E-state index in [1.165, 1.54) is 0 Å². The Morgan fingerprint density at radius 2 is 1.81 bits per heavy atom. The molecule has 0 aromatic heterocycles. The third kappa shape index (κ3) is 6.20. The van der Waals surface area contributed by atoms with E-state index in [1.807, 2.05) is 25.3 Å². The van der Waals surface area contributed by atoms with E-state index in [4.69, 9.17) is 4.74 Å². The summed E-state index contributed by atoms with van der Waals surface area (Å²) < 4.78 is 5.24. The minimum atomic E-state index is -0.202. The van der Waals surface area contributed by atoms with Crippen molar-refractivity contribution in [1.29, 1.82) is 0 Å². The molecule has 26 heavy (non-hydrogen) atoms. The maximum Gasteiger partial charge on any atom is 0.255 e. The molecule has 0 saturated heterocycles. The molecule has 2 amide bonds. The Labute approximate surface area is 158 Å². The fourth-order valence-electron chi connectivity index (χ4n) is 2.31. The number of thioether (sulfide) groups is 1. The van der Waals surface area contributed by atoms with Crippen molar-refractivity contribution in [1.82, 2.24) is 5.32 Å². The average Bonchev–Trinajstić information content (AvgIpc) is 2.68. The molecule has 0 unspecified atom stereocenters. The summed E-state index contributed by atoms with van der Waals surface area (Å²) in [6.07, 6.45) is 2.75. The number of anilines is 1. The van der Waals surface area contributed by atoms with Crippen molar-refractivity contribution < 1.29 is 14.3 Å². The van der Waals surface area contributed by atoms with Crippen molar-refractivity contribution in [3.8, 4) is 0 Å². The summed E-state index contributed by atoms with van der Waals surface area (Å²) in [6.45, 7) is 3.80. The Kier molecular flexibility index (Phi) is 8.18. The van der Waals surface area contributed by atoms with E-state index < -0.39 is 0 Å². The number of benzene rings is 2. The lowest BCUT2D eigenvalue weighted by Gasteiger charge is -2.09. The summed E-state index contributed by atoms with van der Waals surface area (Å²) in [6, 6.07) is 14.3.